The summed E-state index contributed by atoms with van der Waals surface area (Å²) in [5, 5.41) is 8.65. The van der Waals surface area contributed by atoms with Crippen LogP contribution in [0, 0.1) is 0 Å². The number of thiocarbonyl (C=S) groups is 1. The molecule has 0 aliphatic heterocycles. The topological polar surface area (TPSA) is 70.2 Å². The monoisotopic (exact) mass is 397 g/mol. The number of hydrogen-bond acceptors (Lipinski definition) is 3. The van der Waals surface area contributed by atoms with E-state index in [2.05, 4.69) is 36.7 Å². The Hall–Kier alpha value is -2.73. The van der Waals surface area contributed by atoms with Crippen molar-refractivity contribution in [1.82, 2.24) is 10.6 Å². The van der Waals surface area contributed by atoms with Crippen LogP contribution in [0.1, 0.15) is 60.4 Å². The zero-order valence-electron chi connectivity index (χ0n) is 16.8. The van der Waals surface area contributed by atoms with Gasteiger partial charge in [0.1, 0.15) is 0 Å². The van der Waals surface area contributed by atoms with Gasteiger partial charge >= 0.3 is 0 Å². The van der Waals surface area contributed by atoms with Gasteiger partial charge in [-0.2, -0.15) is 0 Å². The molecule has 2 aromatic rings. The number of benzene rings is 2. The van der Waals surface area contributed by atoms with Crippen molar-refractivity contribution in [2.75, 3.05) is 11.9 Å². The van der Waals surface area contributed by atoms with Crippen LogP contribution in [-0.4, -0.2) is 23.5 Å². The fourth-order valence-electron chi connectivity index (χ4n) is 2.50. The van der Waals surface area contributed by atoms with Crippen molar-refractivity contribution in [1.29, 1.82) is 0 Å². The number of hydrogen-bond donors (Lipinski definition) is 3. The highest BCUT2D eigenvalue weighted by atomic mass is 32.1. The van der Waals surface area contributed by atoms with E-state index in [9.17, 15) is 9.59 Å². The van der Waals surface area contributed by atoms with Crippen molar-refractivity contribution in [2.24, 2.45) is 0 Å². The van der Waals surface area contributed by atoms with Crippen LogP contribution in [0.15, 0.2) is 48.5 Å². The van der Waals surface area contributed by atoms with Crippen LogP contribution in [0.25, 0.3) is 0 Å². The number of nitrogens with one attached hydrogen (secondary N) is 3. The third kappa shape index (κ3) is 6.16. The summed E-state index contributed by atoms with van der Waals surface area (Å²) in [6, 6.07) is 14.4. The molecule has 0 atom stereocenters. The van der Waals surface area contributed by atoms with Gasteiger partial charge in [-0.1, -0.05) is 39.8 Å². The van der Waals surface area contributed by atoms with Crippen molar-refractivity contribution >= 4 is 34.8 Å². The zero-order valence-corrected chi connectivity index (χ0v) is 17.6. The molecule has 148 valence electrons. The molecule has 0 saturated carbocycles. The van der Waals surface area contributed by atoms with Gasteiger partial charge in [0.15, 0.2) is 5.11 Å². The van der Waals surface area contributed by atoms with Crippen LogP contribution < -0.4 is 16.0 Å². The maximum absolute atomic E-state index is 12.4. The summed E-state index contributed by atoms with van der Waals surface area (Å²) in [5.41, 5.74) is 3.01. The minimum Gasteiger partial charge on any atom is -0.352 e. The van der Waals surface area contributed by atoms with Gasteiger partial charge in [-0.3, -0.25) is 14.9 Å². The van der Waals surface area contributed by atoms with E-state index in [-0.39, 0.29) is 22.3 Å². The molecule has 0 radical (unpaired) electrons. The van der Waals surface area contributed by atoms with Crippen molar-refractivity contribution in [3.05, 3.63) is 65.2 Å². The van der Waals surface area contributed by atoms with Crippen molar-refractivity contribution in [3.8, 4) is 0 Å². The minimum atomic E-state index is -0.270. The molecule has 2 aromatic carbocycles. The van der Waals surface area contributed by atoms with Crippen LogP contribution in [0.5, 0.6) is 0 Å². The second kappa shape index (κ2) is 9.46. The van der Waals surface area contributed by atoms with E-state index in [1.54, 1.807) is 36.4 Å². The van der Waals surface area contributed by atoms with E-state index in [4.69, 9.17) is 12.2 Å². The van der Waals surface area contributed by atoms with Gasteiger partial charge in [-0.05, 0) is 66.0 Å². The lowest BCUT2D eigenvalue weighted by molar-refractivity contribution is 0.0951. The summed E-state index contributed by atoms with van der Waals surface area (Å²) in [6.45, 7) is 9.02. The third-order valence-corrected chi connectivity index (χ3v) is 4.38. The smallest absolute Gasteiger partial charge is 0.257 e. The van der Waals surface area contributed by atoms with Crippen molar-refractivity contribution in [2.45, 2.75) is 39.5 Å². The Labute approximate surface area is 171 Å². The largest absolute Gasteiger partial charge is 0.352 e. The van der Waals surface area contributed by atoms with Gasteiger partial charge in [-0.15, -0.1) is 0 Å². The fourth-order valence-corrected chi connectivity index (χ4v) is 2.72. The molecule has 28 heavy (non-hydrogen) atoms. The molecule has 0 fully saturated rings. The first kappa shape index (κ1) is 21.6. The quantitative estimate of drug-likeness (QED) is 0.660. The molecule has 0 saturated heterocycles. The third-order valence-electron chi connectivity index (χ3n) is 4.18. The summed E-state index contributed by atoms with van der Waals surface area (Å²) in [4.78, 5) is 24.3. The molecule has 3 N–H and O–H groups in total. The second-order valence-corrected chi connectivity index (χ2v) is 7.98. The number of carbonyl (C=O) groups excluding carboxylic acids is 2. The van der Waals surface area contributed by atoms with Gasteiger partial charge in [-0.25, -0.2) is 0 Å². The Bertz CT molecular complexity index is 838. The molecule has 2 rings (SSSR count). The molecule has 0 aliphatic carbocycles. The average molecular weight is 398 g/mol. The molecular weight excluding hydrogens is 370 g/mol. The van der Waals surface area contributed by atoms with Crippen LogP contribution in [0.2, 0.25) is 0 Å². The van der Waals surface area contributed by atoms with Crippen molar-refractivity contribution < 1.29 is 9.59 Å². The average Bonchev–Trinajstić information content (AvgIpc) is 2.66. The van der Waals surface area contributed by atoms with Crippen LogP contribution >= 0.6 is 12.2 Å². The lowest BCUT2D eigenvalue weighted by Crippen LogP contribution is -2.34. The van der Waals surface area contributed by atoms with E-state index < -0.39 is 0 Å². The molecular formula is C22H27N3O2S. The number of anilines is 1. The SMILES string of the molecule is CCCNC(=O)c1ccc(NC(=S)NC(=O)c2ccc(C(C)(C)C)cc2)cc1. The Morgan fingerprint density at radius 2 is 1.43 bits per heavy atom. The standard InChI is InChI=1S/C22H27N3O2S/c1-5-14-23-19(26)15-8-12-18(13-9-15)24-21(28)25-20(27)16-6-10-17(11-7-16)22(2,3)4/h6-13H,5,14H2,1-4H3,(H,23,26)(H2,24,25,27,28). The predicted molar refractivity (Wildman–Crippen MR) is 118 cm³/mol. The molecule has 0 spiro atoms. The van der Waals surface area contributed by atoms with Gasteiger partial charge in [0.25, 0.3) is 11.8 Å². The minimum absolute atomic E-state index is 0.0332. The van der Waals surface area contributed by atoms with E-state index >= 15 is 0 Å². The van der Waals surface area contributed by atoms with E-state index in [1.807, 2.05) is 19.1 Å². The first-order valence-electron chi connectivity index (χ1n) is 9.32. The number of amides is 2. The van der Waals surface area contributed by atoms with Crippen LogP contribution in [0.3, 0.4) is 0 Å². The van der Waals surface area contributed by atoms with Gasteiger partial charge in [0, 0.05) is 23.4 Å². The lowest BCUT2D eigenvalue weighted by atomic mass is 9.87. The fraction of sp³-hybridized carbons (Fsp3) is 0.318. The predicted octanol–water partition coefficient (Wildman–Crippen LogP) is 4.25. The van der Waals surface area contributed by atoms with Gasteiger partial charge < -0.3 is 10.6 Å². The highest BCUT2D eigenvalue weighted by Gasteiger charge is 2.15. The van der Waals surface area contributed by atoms with Gasteiger partial charge in [0.2, 0.25) is 0 Å². The summed E-state index contributed by atoms with van der Waals surface area (Å²) in [6.07, 6.45) is 0.887. The highest BCUT2D eigenvalue weighted by molar-refractivity contribution is 7.80. The van der Waals surface area contributed by atoms with Crippen LogP contribution in [-0.2, 0) is 5.41 Å². The molecule has 0 aromatic heterocycles. The van der Waals surface area contributed by atoms with E-state index in [0.29, 0.717) is 23.4 Å². The van der Waals surface area contributed by atoms with Gasteiger partial charge in [0.05, 0.1) is 0 Å². The summed E-state index contributed by atoms with van der Waals surface area (Å²) < 4.78 is 0. The highest BCUT2D eigenvalue weighted by Crippen LogP contribution is 2.22. The van der Waals surface area contributed by atoms with E-state index in [0.717, 1.165) is 12.0 Å². The second-order valence-electron chi connectivity index (χ2n) is 7.57. The number of carbonyl (C=O) groups is 2. The Balaban J connectivity index is 1.92. The Kier molecular flexibility index (Phi) is 7.29. The summed E-state index contributed by atoms with van der Waals surface area (Å²) >= 11 is 5.22. The molecule has 2 amide bonds. The normalized spacial score (nSPS) is 10.9. The molecule has 0 aliphatic rings. The Morgan fingerprint density at radius 1 is 0.893 bits per heavy atom. The summed E-state index contributed by atoms with van der Waals surface area (Å²) in [7, 11) is 0. The Morgan fingerprint density at radius 3 is 1.96 bits per heavy atom. The van der Waals surface area contributed by atoms with E-state index in [1.165, 1.54) is 0 Å². The summed E-state index contributed by atoms with van der Waals surface area (Å²) in [5.74, 6) is -0.378. The molecule has 0 heterocycles. The molecule has 5 nitrogen and oxygen atoms in total. The maximum atomic E-state index is 12.4. The zero-order chi connectivity index (χ0) is 20.7. The maximum Gasteiger partial charge on any atom is 0.257 e. The lowest BCUT2D eigenvalue weighted by Gasteiger charge is -2.19. The van der Waals surface area contributed by atoms with Crippen molar-refractivity contribution in [3.63, 3.8) is 0 Å². The van der Waals surface area contributed by atoms with Crippen LogP contribution in [0.4, 0.5) is 5.69 Å². The first-order chi connectivity index (χ1) is 13.2. The molecule has 6 heteroatoms. The number of rotatable bonds is 5. The first-order valence-corrected chi connectivity index (χ1v) is 9.72. The molecule has 0 unspecified atom stereocenters. The molecule has 0 bridgehead atoms.